The van der Waals surface area contributed by atoms with Crippen LogP contribution in [0.3, 0.4) is 0 Å². The summed E-state index contributed by atoms with van der Waals surface area (Å²) in [7, 11) is 2.01. The second-order valence-corrected chi connectivity index (χ2v) is 7.55. The van der Waals surface area contributed by atoms with E-state index in [0.717, 1.165) is 67.7 Å². The first-order valence-electron chi connectivity index (χ1n) is 9.64. The van der Waals surface area contributed by atoms with Crippen LogP contribution >= 0.6 is 0 Å². The van der Waals surface area contributed by atoms with Crippen molar-refractivity contribution in [3.8, 4) is 0 Å². The molecule has 5 heterocycles. The number of rotatable bonds is 3. The van der Waals surface area contributed by atoms with Gasteiger partial charge in [-0.25, -0.2) is 15.0 Å². The summed E-state index contributed by atoms with van der Waals surface area (Å²) in [4.78, 5) is 25.5. The van der Waals surface area contributed by atoms with Crippen LogP contribution in [0.15, 0.2) is 28.4 Å². The van der Waals surface area contributed by atoms with E-state index in [4.69, 9.17) is 20.1 Å². The van der Waals surface area contributed by atoms with Gasteiger partial charge in [0.15, 0.2) is 5.82 Å². The average molecular weight is 393 g/mol. The molecule has 0 amide bonds. The van der Waals surface area contributed by atoms with Crippen LogP contribution in [0.1, 0.15) is 18.4 Å². The lowest BCUT2D eigenvalue weighted by Crippen LogP contribution is -2.53. The molecule has 0 atom stereocenters. The van der Waals surface area contributed by atoms with Gasteiger partial charge in [0.1, 0.15) is 17.5 Å². The van der Waals surface area contributed by atoms with Crippen molar-refractivity contribution in [2.45, 2.75) is 25.3 Å². The fourth-order valence-corrected chi connectivity index (χ4v) is 4.20. The molecular weight excluding hydrogens is 370 g/mol. The molecule has 150 valence electrons. The topological polar surface area (TPSA) is 118 Å². The molecule has 3 N–H and O–H groups in total. The summed E-state index contributed by atoms with van der Waals surface area (Å²) >= 11 is 0. The highest BCUT2D eigenvalue weighted by atomic mass is 16.5. The molecule has 0 aromatic carbocycles. The molecule has 0 bridgehead atoms. The Morgan fingerprint density at radius 3 is 2.97 bits per heavy atom. The van der Waals surface area contributed by atoms with Gasteiger partial charge in [0.25, 0.3) is 0 Å². The minimum absolute atomic E-state index is 0.0572. The van der Waals surface area contributed by atoms with Crippen LogP contribution in [0.2, 0.25) is 0 Å². The predicted molar refractivity (Wildman–Crippen MR) is 111 cm³/mol. The SMILES string of the molecule is Cc1c/c(=N/C=N)[nH]cc1Nc1ncc2c(n1)N1C(=NCC13CCOCC3)N2C. The third-order valence-electron chi connectivity index (χ3n) is 5.83. The van der Waals surface area contributed by atoms with Crippen LogP contribution in [0.4, 0.5) is 23.1 Å². The molecule has 2 aromatic heterocycles. The van der Waals surface area contributed by atoms with Gasteiger partial charge in [-0.3, -0.25) is 10.3 Å². The highest BCUT2D eigenvalue weighted by Gasteiger charge is 2.51. The van der Waals surface area contributed by atoms with E-state index >= 15 is 0 Å². The molecule has 2 aromatic rings. The molecule has 0 aliphatic carbocycles. The number of aryl methyl sites for hydroxylation is 1. The summed E-state index contributed by atoms with van der Waals surface area (Å²) in [5.41, 5.74) is 3.37. The number of anilines is 4. The standard InChI is InChI=1S/C19H23N9O/c1-12-7-15(24-11-20)21-8-13(12)25-17-22-9-14-16(26-17)28-18(27(14)2)23-10-19(28)3-5-29-6-4-19/h7-9,11H,3-6,10H2,1-2H3,(H2,20,21,24)(H,22,25,26). The number of aromatic amines is 1. The van der Waals surface area contributed by atoms with Crippen molar-refractivity contribution in [1.29, 1.82) is 5.41 Å². The van der Waals surface area contributed by atoms with Crippen LogP contribution in [-0.2, 0) is 4.74 Å². The number of hydrogen-bond acceptors (Lipinski definition) is 8. The van der Waals surface area contributed by atoms with E-state index in [1.165, 1.54) is 0 Å². The summed E-state index contributed by atoms with van der Waals surface area (Å²) < 4.78 is 5.60. The summed E-state index contributed by atoms with van der Waals surface area (Å²) in [6.07, 6.45) is 6.54. The number of aromatic nitrogens is 3. The molecule has 3 aliphatic heterocycles. The average Bonchev–Trinajstić information content (AvgIpc) is 3.22. The number of H-pyrrole nitrogens is 1. The lowest BCUT2D eigenvalue weighted by molar-refractivity contribution is 0.0594. The van der Waals surface area contributed by atoms with E-state index in [2.05, 4.69) is 30.1 Å². The maximum atomic E-state index is 7.10. The second-order valence-electron chi connectivity index (χ2n) is 7.55. The zero-order valence-corrected chi connectivity index (χ0v) is 16.4. The Morgan fingerprint density at radius 1 is 1.38 bits per heavy atom. The minimum Gasteiger partial charge on any atom is -0.381 e. The number of nitrogens with zero attached hydrogens (tertiary/aromatic N) is 6. The normalized spacial score (nSPS) is 19.9. The minimum atomic E-state index is -0.0572. The van der Waals surface area contributed by atoms with Gasteiger partial charge in [-0.2, -0.15) is 4.98 Å². The first-order valence-corrected chi connectivity index (χ1v) is 9.64. The first kappa shape index (κ1) is 17.8. The van der Waals surface area contributed by atoms with Crippen LogP contribution < -0.4 is 20.6 Å². The Labute approximate surface area is 167 Å². The zero-order valence-electron chi connectivity index (χ0n) is 16.4. The number of hydrogen-bond donors (Lipinski definition) is 3. The molecule has 0 unspecified atom stereocenters. The van der Waals surface area contributed by atoms with Crippen molar-refractivity contribution in [3.05, 3.63) is 29.5 Å². The molecule has 0 radical (unpaired) electrons. The van der Waals surface area contributed by atoms with Gasteiger partial charge < -0.3 is 19.9 Å². The van der Waals surface area contributed by atoms with Gasteiger partial charge in [0.2, 0.25) is 11.9 Å². The van der Waals surface area contributed by atoms with E-state index in [0.29, 0.717) is 11.4 Å². The van der Waals surface area contributed by atoms with Crippen molar-refractivity contribution >= 4 is 35.4 Å². The van der Waals surface area contributed by atoms with Crippen LogP contribution in [0, 0.1) is 12.3 Å². The number of fused-ring (bicyclic) bond motifs is 4. The number of pyridine rings is 1. The molecule has 1 saturated heterocycles. The number of ether oxygens (including phenoxy) is 1. The summed E-state index contributed by atoms with van der Waals surface area (Å²) in [5.74, 6) is 2.36. The molecule has 10 nitrogen and oxygen atoms in total. The lowest BCUT2D eigenvalue weighted by Gasteiger charge is -2.39. The second kappa shape index (κ2) is 6.66. The van der Waals surface area contributed by atoms with Gasteiger partial charge in [0, 0.05) is 26.5 Å². The Bertz CT molecular complexity index is 1070. The van der Waals surface area contributed by atoms with Crippen molar-refractivity contribution in [2.24, 2.45) is 9.98 Å². The van der Waals surface area contributed by atoms with Crippen LogP contribution in [0.25, 0.3) is 0 Å². The fourth-order valence-electron chi connectivity index (χ4n) is 4.20. The molecule has 1 spiro atoms. The smallest absolute Gasteiger partial charge is 0.229 e. The van der Waals surface area contributed by atoms with Gasteiger partial charge >= 0.3 is 0 Å². The monoisotopic (exact) mass is 393 g/mol. The van der Waals surface area contributed by atoms with Crippen molar-refractivity contribution in [3.63, 3.8) is 0 Å². The third-order valence-corrected chi connectivity index (χ3v) is 5.83. The molecular formula is C19H23N9O. The van der Waals surface area contributed by atoms with Crippen LogP contribution in [0.5, 0.6) is 0 Å². The van der Waals surface area contributed by atoms with E-state index in [1.54, 1.807) is 0 Å². The van der Waals surface area contributed by atoms with Gasteiger partial charge in [0.05, 0.1) is 24.0 Å². The van der Waals surface area contributed by atoms with E-state index in [1.807, 2.05) is 32.4 Å². The van der Waals surface area contributed by atoms with Gasteiger partial charge in [-0.15, -0.1) is 0 Å². The predicted octanol–water partition coefficient (Wildman–Crippen LogP) is 1.54. The van der Waals surface area contributed by atoms with E-state index in [-0.39, 0.29) is 5.54 Å². The van der Waals surface area contributed by atoms with Crippen LogP contribution in [-0.4, -0.2) is 59.6 Å². The van der Waals surface area contributed by atoms with E-state index < -0.39 is 0 Å². The highest BCUT2D eigenvalue weighted by molar-refractivity contribution is 6.17. The Balaban J connectivity index is 1.49. The molecule has 5 rings (SSSR count). The summed E-state index contributed by atoms with van der Waals surface area (Å²) in [6, 6.07) is 1.87. The fraction of sp³-hybridized carbons (Fsp3) is 0.421. The number of nitrogens with one attached hydrogen (secondary N) is 3. The van der Waals surface area contributed by atoms with E-state index in [9.17, 15) is 0 Å². The van der Waals surface area contributed by atoms with Gasteiger partial charge in [-0.1, -0.05) is 0 Å². The van der Waals surface area contributed by atoms with Crippen molar-refractivity contribution in [2.75, 3.05) is 41.9 Å². The zero-order chi connectivity index (χ0) is 20.0. The molecule has 29 heavy (non-hydrogen) atoms. The lowest BCUT2D eigenvalue weighted by atomic mass is 9.89. The largest absolute Gasteiger partial charge is 0.381 e. The third kappa shape index (κ3) is 2.79. The quantitative estimate of drug-likeness (QED) is 0.538. The maximum Gasteiger partial charge on any atom is 0.229 e. The van der Waals surface area contributed by atoms with Crippen molar-refractivity contribution in [1.82, 2.24) is 15.0 Å². The number of guanidine groups is 1. The Hall–Kier alpha value is -3.27. The molecule has 0 saturated carbocycles. The Kier molecular flexibility index (Phi) is 4.09. The molecule has 3 aliphatic rings. The Morgan fingerprint density at radius 2 is 2.21 bits per heavy atom. The molecule has 10 heteroatoms. The summed E-state index contributed by atoms with van der Waals surface area (Å²) in [5, 5.41) is 10.4. The number of aliphatic imine (C=N–C) groups is 1. The maximum absolute atomic E-state index is 7.10. The van der Waals surface area contributed by atoms with Crippen molar-refractivity contribution < 1.29 is 4.74 Å². The highest BCUT2D eigenvalue weighted by Crippen LogP contribution is 2.45. The molecule has 1 fully saturated rings. The van der Waals surface area contributed by atoms with Gasteiger partial charge in [-0.05, 0) is 31.4 Å². The first-order chi connectivity index (χ1) is 14.1. The summed E-state index contributed by atoms with van der Waals surface area (Å²) in [6.45, 7) is 4.24.